The summed E-state index contributed by atoms with van der Waals surface area (Å²) in [6.45, 7) is 7.42. The second-order valence-corrected chi connectivity index (χ2v) is 6.21. The maximum absolute atomic E-state index is 12.8. The molecule has 3 rings (SSSR count). The Kier molecular flexibility index (Phi) is 4.89. The Hall–Kier alpha value is -3.29. The zero-order chi connectivity index (χ0) is 19.7. The first-order valence-corrected chi connectivity index (χ1v) is 8.59. The van der Waals surface area contributed by atoms with E-state index in [1.165, 1.54) is 4.68 Å². The lowest BCUT2D eigenvalue weighted by Crippen LogP contribution is -2.18. The second-order valence-electron chi connectivity index (χ2n) is 6.21. The fraction of sp³-hybridized carbons (Fsp3) is 0.316. The zero-order valence-electron chi connectivity index (χ0n) is 16.0. The minimum absolute atomic E-state index is 0.239. The molecule has 1 amide bonds. The van der Waals surface area contributed by atoms with Crippen LogP contribution in [-0.4, -0.2) is 38.2 Å². The fourth-order valence-corrected chi connectivity index (χ4v) is 2.80. The van der Waals surface area contributed by atoms with Crippen LogP contribution in [0.3, 0.4) is 0 Å². The van der Waals surface area contributed by atoms with Gasteiger partial charge < -0.3 is 10.1 Å². The van der Waals surface area contributed by atoms with Gasteiger partial charge in [0.2, 0.25) is 0 Å². The number of hydrogen-bond donors (Lipinski definition) is 1. The minimum atomic E-state index is -0.520. The van der Waals surface area contributed by atoms with E-state index in [-0.39, 0.29) is 18.1 Å². The number of benzene rings is 1. The summed E-state index contributed by atoms with van der Waals surface area (Å²) in [5.41, 5.74) is 4.17. The molecule has 0 spiro atoms. The highest BCUT2D eigenvalue weighted by Crippen LogP contribution is 2.22. The number of amides is 1. The third kappa shape index (κ3) is 3.51. The third-order valence-corrected chi connectivity index (χ3v) is 4.27. The first-order chi connectivity index (χ1) is 12.8. The maximum Gasteiger partial charge on any atom is 0.343 e. The highest BCUT2D eigenvalue weighted by Gasteiger charge is 2.23. The van der Waals surface area contributed by atoms with Gasteiger partial charge in [0.05, 0.1) is 34.7 Å². The van der Waals surface area contributed by atoms with Crippen molar-refractivity contribution in [1.82, 2.24) is 19.7 Å². The molecule has 3 aromatic rings. The summed E-state index contributed by atoms with van der Waals surface area (Å²) < 4.78 is 6.52. The van der Waals surface area contributed by atoms with Crippen LogP contribution in [0.4, 0.5) is 5.82 Å². The Labute approximate surface area is 156 Å². The number of carbonyl (C=O) groups is 2. The molecule has 0 aliphatic heterocycles. The van der Waals surface area contributed by atoms with Gasteiger partial charge in [-0.25, -0.2) is 14.8 Å². The zero-order valence-corrected chi connectivity index (χ0v) is 16.0. The van der Waals surface area contributed by atoms with Gasteiger partial charge in [-0.1, -0.05) is 0 Å². The third-order valence-electron chi connectivity index (χ3n) is 4.27. The number of carbonyl (C=O) groups excluding carboxylic acids is 2. The predicted molar refractivity (Wildman–Crippen MR) is 101 cm³/mol. The van der Waals surface area contributed by atoms with Crippen molar-refractivity contribution < 1.29 is 14.3 Å². The van der Waals surface area contributed by atoms with Crippen LogP contribution >= 0.6 is 0 Å². The lowest BCUT2D eigenvalue weighted by atomic mass is 10.1. The summed E-state index contributed by atoms with van der Waals surface area (Å²) in [7, 11) is 1.66. The van der Waals surface area contributed by atoms with Gasteiger partial charge in [-0.3, -0.25) is 9.48 Å². The van der Waals surface area contributed by atoms with Gasteiger partial charge in [-0.15, -0.1) is 0 Å². The van der Waals surface area contributed by atoms with E-state index < -0.39 is 5.97 Å². The van der Waals surface area contributed by atoms with E-state index in [4.69, 9.17) is 4.74 Å². The fourth-order valence-electron chi connectivity index (χ4n) is 2.80. The Balaban J connectivity index is 1.95. The Morgan fingerprint density at radius 3 is 2.41 bits per heavy atom. The molecule has 140 valence electrons. The van der Waals surface area contributed by atoms with Crippen molar-refractivity contribution in [3.05, 3.63) is 46.4 Å². The maximum atomic E-state index is 12.8. The summed E-state index contributed by atoms with van der Waals surface area (Å²) in [6.07, 6.45) is 0. The number of aryl methyl sites for hydroxylation is 4. The largest absolute Gasteiger partial charge is 0.462 e. The van der Waals surface area contributed by atoms with Gasteiger partial charge in [0.1, 0.15) is 11.4 Å². The normalized spacial score (nSPS) is 10.9. The monoisotopic (exact) mass is 367 g/mol. The van der Waals surface area contributed by atoms with Crippen LogP contribution in [0, 0.1) is 20.8 Å². The van der Waals surface area contributed by atoms with Crippen LogP contribution < -0.4 is 5.32 Å². The number of anilines is 1. The Morgan fingerprint density at radius 2 is 1.74 bits per heavy atom. The quantitative estimate of drug-likeness (QED) is 0.712. The molecule has 0 unspecified atom stereocenters. The smallest absolute Gasteiger partial charge is 0.343 e. The van der Waals surface area contributed by atoms with Crippen LogP contribution in [0.15, 0.2) is 18.2 Å². The summed E-state index contributed by atoms with van der Waals surface area (Å²) >= 11 is 0. The highest BCUT2D eigenvalue weighted by molar-refractivity contribution is 6.08. The summed E-state index contributed by atoms with van der Waals surface area (Å²) in [5.74, 6) is -0.596. The summed E-state index contributed by atoms with van der Waals surface area (Å²) in [4.78, 5) is 33.9. The standard InChI is InChI=1S/C19H21N5O3/c1-6-27-19(26)16-12(4)23-24(5)17(16)22-18(25)13-7-8-14-15(9-13)21-11(3)10(2)20-14/h7-9H,6H2,1-5H3,(H,22,25). The lowest BCUT2D eigenvalue weighted by Gasteiger charge is -2.09. The molecule has 1 aromatic carbocycles. The molecule has 0 atom stereocenters. The van der Waals surface area contributed by atoms with Crippen molar-refractivity contribution in [1.29, 1.82) is 0 Å². The minimum Gasteiger partial charge on any atom is -0.462 e. The number of hydrogen-bond acceptors (Lipinski definition) is 6. The molecule has 0 saturated carbocycles. The molecule has 0 aliphatic carbocycles. The molecule has 8 heteroatoms. The van der Waals surface area contributed by atoms with Crippen molar-refractivity contribution in [2.24, 2.45) is 7.05 Å². The number of rotatable bonds is 4. The molecule has 0 fully saturated rings. The topological polar surface area (TPSA) is 99.0 Å². The van der Waals surface area contributed by atoms with E-state index in [1.807, 2.05) is 13.8 Å². The van der Waals surface area contributed by atoms with Gasteiger partial charge in [-0.2, -0.15) is 5.10 Å². The van der Waals surface area contributed by atoms with Crippen molar-refractivity contribution in [3.8, 4) is 0 Å². The molecule has 0 bridgehead atoms. The number of fused-ring (bicyclic) bond motifs is 1. The van der Waals surface area contributed by atoms with E-state index in [0.717, 1.165) is 16.9 Å². The molecule has 0 radical (unpaired) electrons. The molecular formula is C19H21N5O3. The van der Waals surface area contributed by atoms with Crippen LogP contribution in [0.2, 0.25) is 0 Å². The Bertz CT molecular complexity index is 1060. The van der Waals surface area contributed by atoms with Crippen molar-refractivity contribution in [2.45, 2.75) is 27.7 Å². The van der Waals surface area contributed by atoms with Gasteiger partial charge in [0.25, 0.3) is 5.91 Å². The number of aromatic nitrogens is 4. The van der Waals surface area contributed by atoms with Crippen molar-refractivity contribution in [2.75, 3.05) is 11.9 Å². The Morgan fingerprint density at radius 1 is 1.07 bits per heavy atom. The molecule has 0 saturated heterocycles. The van der Waals surface area contributed by atoms with E-state index in [9.17, 15) is 9.59 Å². The van der Waals surface area contributed by atoms with Crippen LogP contribution in [-0.2, 0) is 11.8 Å². The highest BCUT2D eigenvalue weighted by atomic mass is 16.5. The molecular weight excluding hydrogens is 346 g/mol. The first kappa shape index (κ1) is 18.5. The van der Waals surface area contributed by atoms with E-state index in [2.05, 4.69) is 20.4 Å². The van der Waals surface area contributed by atoms with Gasteiger partial charge in [0.15, 0.2) is 0 Å². The molecule has 8 nitrogen and oxygen atoms in total. The average Bonchev–Trinajstić information content (AvgIpc) is 2.89. The second kappa shape index (κ2) is 7.14. The van der Waals surface area contributed by atoms with E-state index in [1.54, 1.807) is 39.1 Å². The molecule has 0 aliphatic rings. The van der Waals surface area contributed by atoms with Crippen LogP contribution in [0.25, 0.3) is 11.0 Å². The van der Waals surface area contributed by atoms with E-state index >= 15 is 0 Å². The molecule has 2 heterocycles. The summed E-state index contributed by atoms with van der Waals surface area (Å²) in [6, 6.07) is 5.11. The van der Waals surface area contributed by atoms with Crippen molar-refractivity contribution >= 4 is 28.7 Å². The molecule has 1 N–H and O–H groups in total. The first-order valence-electron chi connectivity index (χ1n) is 8.59. The lowest BCUT2D eigenvalue weighted by molar-refractivity contribution is 0.0526. The van der Waals surface area contributed by atoms with Crippen molar-refractivity contribution in [3.63, 3.8) is 0 Å². The number of esters is 1. The number of nitrogens with zero attached hydrogens (tertiary/aromatic N) is 4. The predicted octanol–water partition coefficient (Wildman–Crippen LogP) is 2.72. The van der Waals surface area contributed by atoms with Gasteiger partial charge in [-0.05, 0) is 45.9 Å². The number of nitrogens with one attached hydrogen (secondary N) is 1. The number of ether oxygens (including phenoxy) is 1. The molecule has 2 aromatic heterocycles. The summed E-state index contributed by atoms with van der Waals surface area (Å²) in [5, 5.41) is 6.97. The van der Waals surface area contributed by atoms with Gasteiger partial charge in [0, 0.05) is 12.6 Å². The SMILES string of the molecule is CCOC(=O)c1c(C)nn(C)c1NC(=O)c1ccc2nc(C)c(C)nc2c1. The van der Waals surface area contributed by atoms with Gasteiger partial charge >= 0.3 is 5.97 Å². The molecule has 27 heavy (non-hydrogen) atoms. The van der Waals surface area contributed by atoms with E-state index in [0.29, 0.717) is 22.6 Å². The average molecular weight is 367 g/mol. The van der Waals surface area contributed by atoms with Crippen LogP contribution in [0.5, 0.6) is 0 Å². The van der Waals surface area contributed by atoms with Crippen LogP contribution in [0.1, 0.15) is 44.7 Å².